The topological polar surface area (TPSA) is 32.3 Å². The van der Waals surface area contributed by atoms with Gasteiger partial charge in [0.25, 0.3) is 5.91 Å². The van der Waals surface area contributed by atoms with Crippen LogP contribution in [0.5, 0.6) is 0 Å². The highest BCUT2D eigenvalue weighted by Gasteiger charge is 2.35. The molecule has 4 aromatic carbocycles. The van der Waals surface area contributed by atoms with Crippen LogP contribution in [0.3, 0.4) is 0 Å². The molecule has 0 radical (unpaired) electrons. The van der Waals surface area contributed by atoms with E-state index in [2.05, 4.69) is 67.5 Å². The second-order valence-corrected chi connectivity index (χ2v) is 9.22. The van der Waals surface area contributed by atoms with Crippen molar-refractivity contribution in [3.63, 3.8) is 0 Å². The number of hydrogen-bond donors (Lipinski definition) is 1. The van der Waals surface area contributed by atoms with E-state index in [0.29, 0.717) is 5.70 Å². The van der Waals surface area contributed by atoms with Crippen molar-refractivity contribution in [2.45, 2.75) is 6.04 Å². The van der Waals surface area contributed by atoms with Gasteiger partial charge in [-0.3, -0.25) is 9.69 Å². The summed E-state index contributed by atoms with van der Waals surface area (Å²) >= 11 is 7.05. The van der Waals surface area contributed by atoms with Crippen molar-refractivity contribution in [1.29, 1.82) is 0 Å². The number of anilines is 2. The van der Waals surface area contributed by atoms with Crippen molar-refractivity contribution in [3.8, 4) is 0 Å². The Kier molecular flexibility index (Phi) is 5.38. The lowest BCUT2D eigenvalue weighted by molar-refractivity contribution is -0.114. The third-order valence-electron chi connectivity index (χ3n) is 5.38. The van der Waals surface area contributed by atoms with Crippen molar-refractivity contribution >= 4 is 59.9 Å². The summed E-state index contributed by atoms with van der Waals surface area (Å²) in [5, 5.41) is 5.62. The molecule has 5 rings (SSSR count). The monoisotopic (exact) mass is 532 g/mol. The number of carbonyl (C=O) groups is 1. The van der Waals surface area contributed by atoms with Crippen LogP contribution in [0.25, 0.3) is 10.8 Å². The quantitative estimate of drug-likeness (QED) is 0.295. The Bertz CT molecular complexity index is 1330. The zero-order valence-corrected chi connectivity index (χ0v) is 19.6. The fourth-order valence-corrected chi connectivity index (χ4v) is 4.80. The minimum atomic E-state index is -0.220. The fourth-order valence-electron chi connectivity index (χ4n) is 4.02. The lowest BCUT2D eigenvalue weighted by Gasteiger charge is -2.26. The molecule has 0 fully saturated rings. The normalized spacial score (nSPS) is 15.9. The summed E-state index contributed by atoms with van der Waals surface area (Å²) in [5.74, 6) is -0.0593. The highest BCUT2D eigenvalue weighted by Crippen LogP contribution is 2.39. The number of fused-ring (bicyclic) bond motifs is 1. The van der Waals surface area contributed by atoms with Crippen LogP contribution in [-0.2, 0) is 4.79 Å². The van der Waals surface area contributed by atoms with E-state index in [9.17, 15) is 4.79 Å². The van der Waals surface area contributed by atoms with Crippen LogP contribution in [0.15, 0.2) is 112 Å². The number of rotatable bonds is 4. The molecule has 1 N–H and O–H groups in total. The Morgan fingerprint density at radius 1 is 0.774 bits per heavy atom. The van der Waals surface area contributed by atoms with Crippen LogP contribution >= 0.6 is 31.9 Å². The summed E-state index contributed by atoms with van der Waals surface area (Å²) in [6, 6.07) is 30.0. The first-order valence-electron chi connectivity index (χ1n) is 9.91. The molecule has 1 heterocycles. The average molecular weight is 534 g/mol. The zero-order chi connectivity index (χ0) is 21.4. The van der Waals surface area contributed by atoms with Crippen LogP contribution in [-0.4, -0.2) is 5.91 Å². The smallest absolute Gasteiger partial charge is 0.275 e. The molecule has 0 saturated carbocycles. The van der Waals surface area contributed by atoms with Gasteiger partial charge in [0.1, 0.15) is 5.70 Å². The third-order valence-corrected chi connectivity index (χ3v) is 6.37. The molecule has 0 unspecified atom stereocenters. The Hall–Kier alpha value is -2.89. The first-order chi connectivity index (χ1) is 15.1. The van der Waals surface area contributed by atoms with Gasteiger partial charge in [0.15, 0.2) is 0 Å². The Morgan fingerprint density at radius 2 is 1.48 bits per heavy atom. The predicted octanol–water partition coefficient (Wildman–Crippen LogP) is 7.45. The predicted molar refractivity (Wildman–Crippen MR) is 134 cm³/mol. The van der Waals surface area contributed by atoms with E-state index in [0.717, 1.165) is 36.7 Å². The molecule has 5 heteroatoms. The average Bonchev–Trinajstić information content (AvgIpc) is 3.09. The second kappa shape index (κ2) is 8.33. The largest absolute Gasteiger partial charge is 0.351 e. The van der Waals surface area contributed by atoms with E-state index in [4.69, 9.17) is 0 Å². The molecule has 1 aliphatic heterocycles. The zero-order valence-electron chi connectivity index (χ0n) is 16.4. The first kappa shape index (κ1) is 20.0. The molecular weight excluding hydrogens is 516 g/mol. The number of nitrogens with zero attached hydrogens (tertiary/aromatic N) is 1. The molecule has 0 saturated heterocycles. The minimum absolute atomic E-state index is 0.0593. The lowest BCUT2D eigenvalue weighted by atomic mass is 9.98. The second-order valence-electron chi connectivity index (χ2n) is 7.38. The molecular formula is C26H18Br2N2O. The van der Waals surface area contributed by atoms with E-state index < -0.39 is 0 Å². The van der Waals surface area contributed by atoms with Gasteiger partial charge < -0.3 is 5.32 Å². The molecule has 1 atom stereocenters. The molecule has 3 nitrogen and oxygen atoms in total. The number of halogens is 2. The number of amides is 1. The summed E-state index contributed by atoms with van der Waals surface area (Å²) in [6.45, 7) is 0. The molecule has 0 spiro atoms. The van der Waals surface area contributed by atoms with Gasteiger partial charge in [-0.15, -0.1) is 0 Å². The number of benzene rings is 4. The van der Waals surface area contributed by atoms with Gasteiger partial charge in [-0.05, 0) is 58.8 Å². The van der Waals surface area contributed by atoms with E-state index in [1.54, 1.807) is 0 Å². The third kappa shape index (κ3) is 3.91. The number of carbonyl (C=O) groups excluding carboxylic acids is 1. The molecule has 1 amide bonds. The Morgan fingerprint density at radius 3 is 2.29 bits per heavy atom. The van der Waals surface area contributed by atoms with Crippen LogP contribution in [0.1, 0.15) is 11.6 Å². The number of nitrogens with one attached hydrogen (secondary N) is 1. The Labute approximate surface area is 197 Å². The summed E-state index contributed by atoms with van der Waals surface area (Å²) in [5.41, 5.74) is 3.37. The number of hydrogen-bond acceptors (Lipinski definition) is 2. The van der Waals surface area contributed by atoms with Crippen molar-refractivity contribution in [2.24, 2.45) is 0 Å². The van der Waals surface area contributed by atoms with Crippen LogP contribution in [0.2, 0.25) is 0 Å². The van der Waals surface area contributed by atoms with E-state index in [1.807, 2.05) is 71.6 Å². The summed E-state index contributed by atoms with van der Waals surface area (Å²) in [7, 11) is 0. The van der Waals surface area contributed by atoms with Crippen molar-refractivity contribution in [3.05, 3.63) is 117 Å². The molecule has 1 aliphatic rings. The SMILES string of the molecule is O=C1C(Nc2cccc(Br)c2)=C[C@H](c2cccc3ccccc23)N1c1cccc(Br)c1. The van der Waals surface area contributed by atoms with Crippen molar-refractivity contribution in [2.75, 3.05) is 10.2 Å². The van der Waals surface area contributed by atoms with Gasteiger partial charge in [0.05, 0.1) is 6.04 Å². The van der Waals surface area contributed by atoms with Crippen molar-refractivity contribution < 1.29 is 4.79 Å². The summed E-state index contributed by atoms with van der Waals surface area (Å²) in [6.07, 6.45) is 2.02. The molecule has 152 valence electrons. The van der Waals surface area contributed by atoms with Crippen molar-refractivity contribution in [1.82, 2.24) is 0 Å². The highest BCUT2D eigenvalue weighted by molar-refractivity contribution is 9.10. The van der Waals surface area contributed by atoms with E-state index >= 15 is 0 Å². The van der Waals surface area contributed by atoms with Gasteiger partial charge in [0.2, 0.25) is 0 Å². The maximum Gasteiger partial charge on any atom is 0.275 e. The fraction of sp³-hybridized carbons (Fsp3) is 0.0385. The summed E-state index contributed by atoms with van der Waals surface area (Å²) in [4.78, 5) is 15.4. The minimum Gasteiger partial charge on any atom is -0.351 e. The lowest BCUT2D eigenvalue weighted by Crippen LogP contribution is -2.30. The van der Waals surface area contributed by atoms with E-state index in [1.165, 1.54) is 0 Å². The highest BCUT2D eigenvalue weighted by atomic mass is 79.9. The molecule has 4 aromatic rings. The van der Waals surface area contributed by atoms with Crippen LogP contribution < -0.4 is 10.2 Å². The molecule has 31 heavy (non-hydrogen) atoms. The molecule has 0 bridgehead atoms. The summed E-state index contributed by atoms with van der Waals surface area (Å²) < 4.78 is 1.89. The molecule has 0 aliphatic carbocycles. The first-order valence-corrected chi connectivity index (χ1v) is 11.5. The van der Waals surface area contributed by atoms with Gasteiger partial charge in [0, 0.05) is 20.3 Å². The maximum atomic E-state index is 13.6. The van der Waals surface area contributed by atoms with Gasteiger partial charge in [-0.25, -0.2) is 0 Å². The molecule has 0 aromatic heterocycles. The maximum absolute atomic E-state index is 13.6. The van der Waals surface area contributed by atoms with Gasteiger partial charge in [-0.1, -0.05) is 86.5 Å². The van der Waals surface area contributed by atoms with Crippen LogP contribution in [0, 0.1) is 0 Å². The van der Waals surface area contributed by atoms with E-state index in [-0.39, 0.29) is 11.9 Å². The standard InChI is InChI=1S/C26H18Br2N2O/c27-18-8-4-10-20(14-18)29-24-16-25(23-13-3-7-17-6-1-2-12-22(17)23)30(26(24)31)21-11-5-9-19(28)15-21/h1-16,25,29H/t25-/m1/s1. The van der Waals surface area contributed by atoms with Gasteiger partial charge in [-0.2, -0.15) is 0 Å². The Balaban J connectivity index is 1.64. The van der Waals surface area contributed by atoms with Gasteiger partial charge >= 0.3 is 0 Å². The van der Waals surface area contributed by atoms with Crippen LogP contribution in [0.4, 0.5) is 11.4 Å².